The molecule has 1 radical (unpaired) electrons. The molecule has 2 aromatic heterocycles. The monoisotopic (exact) mass is 705 g/mol. The minimum atomic E-state index is 0. The van der Waals surface area contributed by atoms with Gasteiger partial charge >= 0.3 is 0 Å². The molecule has 201 valence electrons. The number of rotatable bonds is 3. The first-order chi connectivity index (χ1) is 19.7. The standard InChI is InChI=1S/C21H16N.C17H12N.Ir/c1-14-11-15(2)13-17(12-14)21-20-8-7-16-5-3-4-6-18(16)19(20)9-10-22-21;1-2-7-14(8-3-1)15-9-6-10-16(13-15)17-11-4-5-12-18-17;/h3-12H,1-2H3;1-9,11-13H;/q2*-1;. The average molecular weight is 705 g/mol. The van der Waals surface area contributed by atoms with Crippen molar-refractivity contribution in [2.24, 2.45) is 0 Å². The van der Waals surface area contributed by atoms with Crippen molar-refractivity contribution in [3.63, 3.8) is 0 Å². The third-order valence-electron chi connectivity index (χ3n) is 6.92. The number of fused-ring (bicyclic) bond motifs is 3. The van der Waals surface area contributed by atoms with Crippen molar-refractivity contribution in [1.82, 2.24) is 9.97 Å². The summed E-state index contributed by atoms with van der Waals surface area (Å²) in [5.41, 5.74) is 8.85. The first-order valence-electron chi connectivity index (χ1n) is 13.4. The third-order valence-corrected chi connectivity index (χ3v) is 6.92. The summed E-state index contributed by atoms with van der Waals surface area (Å²) in [6.45, 7) is 4.20. The molecule has 0 fully saturated rings. The summed E-state index contributed by atoms with van der Waals surface area (Å²) in [5.74, 6) is 0. The Morgan fingerprint density at radius 3 is 2.17 bits per heavy atom. The number of aromatic nitrogens is 2. The molecule has 0 bridgehead atoms. The van der Waals surface area contributed by atoms with E-state index in [-0.39, 0.29) is 20.1 Å². The van der Waals surface area contributed by atoms with Gasteiger partial charge in [-0.3, -0.25) is 0 Å². The van der Waals surface area contributed by atoms with Crippen LogP contribution in [0.15, 0.2) is 134 Å². The third kappa shape index (κ3) is 6.33. The van der Waals surface area contributed by atoms with E-state index in [9.17, 15) is 0 Å². The molecule has 7 aromatic rings. The molecule has 3 heteroatoms. The minimum absolute atomic E-state index is 0. The van der Waals surface area contributed by atoms with Crippen LogP contribution in [0.25, 0.3) is 55.2 Å². The second-order valence-corrected chi connectivity index (χ2v) is 9.87. The molecule has 0 unspecified atom stereocenters. The Hall–Kier alpha value is -4.43. The van der Waals surface area contributed by atoms with Gasteiger partial charge in [0, 0.05) is 32.5 Å². The van der Waals surface area contributed by atoms with E-state index < -0.39 is 0 Å². The van der Waals surface area contributed by atoms with Gasteiger partial charge in [-0.05, 0) is 50.6 Å². The summed E-state index contributed by atoms with van der Waals surface area (Å²) in [6.07, 6.45) is 3.70. The summed E-state index contributed by atoms with van der Waals surface area (Å²) >= 11 is 0. The number of pyridine rings is 2. The number of benzene rings is 5. The molecule has 2 nitrogen and oxygen atoms in total. The zero-order valence-electron chi connectivity index (χ0n) is 22.9. The summed E-state index contributed by atoms with van der Waals surface area (Å²) in [4.78, 5) is 8.99. The Balaban J connectivity index is 0.000000164. The Labute approximate surface area is 255 Å². The van der Waals surface area contributed by atoms with Crippen LogP contribution in [0.4, 0.5) is 0 Å². The fourth-order valence-electron chi connectivity index (χ4n) is 5.12. The van der Waals surface area contributed by atoms with Crippen LogP contribution in [0.3, 0.4) is 0 Å². The van der Waals surface area contributed by atoms with E-state index >= 15 is 0 Å². The summed E-state index contributed by atoms with van der Waals surface area (Å²) in [6, 6.07) is 48.3. The van der Waals surface area contributed by atoms with E-state index in [1.807, 2.05) is 48.7 Å². The number of aryl methyl sites for hydroxylation is 2. The van der Waals surface area contributed by atoms with Crippen LogP contribution < -0.4 is 0 Å². The van der Waals surface area contributed by atoms with Gasteiger partial charge in [0.2, 0.25) is 0 Å². The van der Waals surface area contributed by atoms with Gasteiger partial charge in [0.1, 0.15) is 0 Å². The van der Waals surface area contributed by atoms with Crippen molar-refractivity contribution < 1.29 is 20.1 Å². The molecule has 0 aliphatic rings. The van der Waals surface area contributed by atoms with Crippen molar-refractivity contribution in [1.29, 1.82) is 0 Å². The predicted octanol–water partition coefficient (Wildman–Crippen LogP) is 9.69. The van der Waals surface area contributed by atoms with E-state index in [1.165, 1.54) is 38.2 Å². The molecular formula is C38H28IrN2-2. The Bertz CT molecular complexity index is 1840. The smallest absolute Gasteiger partial charge is 0.0167 e. The van der Waals surface area contributed by atoms with Crippen LogP contribution in [0.2, 0.25) is 0 Å². The second-order valence-electron chi connectivity index (χ2n) is 9.87. The maximum atomic E-state index is 4.63. The Morgan fingerprint density at radius 1 is 0.561 bits per heavy atom. The molecule has 0 aliphatic carbocycles. The van der Waals surface area contributed by atoms with Crippen LogP contribution in [0.5, 0.6) is 0 Å². The molecule has 0 spiro atoms. The summed E-state index contributed by atoms with van der Waals surface area (Å²) < 4.78 is 0. The van der Waals surface area contributed by atoms with Gasteiger partial charge < -0.3 is 9.97 Å². The van der Waals surface area contributed by atoms with Crippen molar-refractivity contribution in [2.75, 3.05) is 0 Å². The maximum absolute atomic E-state index is 4.63. The molecule has 0 aliphatic heterocycles. The van der Waals surface area contributed by atoms with E-state index in [0.29, 0.717) is 0 Å². The zero-order chi connectivity index (χ0) is 27.3. The Kier molecular flexibility index (Phi) is 8.79. The van der Waals surface area contributed by atoms with Crippen LogP contribution in [-0.2, 0) is 20.1 Å². The van der Waals surface area contributed by atoms with Gasteiger partial charge in [0.15, 0.2) is 0 Å². The predicted molar refractivity (Wildman–Crippen MR) is 167 cm³/mol. The molecule has 7 rings (SSSR count). The van der Waals surface area contributed by atoms with Crippen LogP contribution in [0.1, 0.15) is 11.1 Å². The summed E-state index contributed by atoms with van der Waals surface area (Å²) in [7, 11) is 0. The molecule has 0 N–H and O–H groups in total. The SMILES string of the molecule is Cc1[c-]c(-c2nccc3c2ccc2ccccc23)cc(C)c1.[Ir].[c-]1ccc(-c2ccccc2)cc1-c1ccccn1. The topological polar surface area (TPSA) is 25.8 Å². The van der Waals surface area contributed by atoms with Gasteiger partial charge in [-0.1, -0.05) is 92.7 Å². The first-order valence-corrected chi connectivity index (χ1v) is 13.4. The van der Waals surface area contributed by atoms with Gasteiger partial charge in [0.05, 0.1) is 0 Å². The normalized spacial score (nSPS) is 10.5. The molecule has 41 heavy (non-hydrogen) atoms. The van der Waals surface area contributed by atoms with Crippen LogP contribution >= 0.6 is 0 Å². The van der Waals surface area contributed by atoms with E-state index in [0.717, 1.165) is 28.1 Å². The Morgan fingerprint density at radius 2 is 1.37 bits per heavy atom. The molecule has 5 aromatic carbocycles. The first kappa shape index (κ1) is 28.1. The quantitative estimate of drug-likeness (QED) is 0.135. The van der Waals surface area contributed by atoms with Crippen LogP contribution in [-0.4, -0.2) is 9.97 Å². The molecular weight excluding hydrogens is 677 g/mol. The molecule has 0 atom stereocenters. The number of nitrogens with zero attached hydrogens (tertiary/aromatic N) is 2. The van der Waals surface area contributed by atoms with Crippen molar-refractivity contribution in [2.45, 2.75) is 13.8 Å². The van der Waals surface area contributed by atoms with Gasteiger partial charge in [-0.25, -0.2) is 0 Å². The summed E-state index contributed by atoms with van der Waals surface area (Å²) in [5, 5.41) is 4.96. The minimum Gasteiger partial charge on any atom is -0.305 e. The fraction of sp³-hybridized carbons (Fsp3) is 0.0526. The zero-order valence-corrected chi connectivity index (χ0v) is 25.3. The van der Waals surface area contributed by atoms with Gasteiger partial charge in [-0.15, -0.1) is 70.3 Å². The molecule has 2 heterocycles. The number of hydrogen-bond donors (Lipinski definition) is 0. The van der Waals surface area contributed by atoms with Crippen molar-refractivity contribution in [3.8, 4) is 33.6 Å². The molecule has 0 saturated heterocycles. The van der Waals surface area contributed by atoms with Gasteiger partial charge in [0.25, 0.3) is 0 Å². The molecule has 0 amide bonds. The number of hydrogen-bond acceptors (Lipinski definition) is 2. The van der Waals surface area contributed by atoms with E-state index in [1.54, 1.807) is 6.20 Å². The fourth-order valence-corrected chi connectivity index (χ4v) is 5.12. The maximum Gasteiger partial charge on any atom is 0.0167 e. The van der Waals surface area contributed by atoms with Crippen LogP contribution in [0, 0.1) is 26.0 Å². The van der Waals surface area contributed by atoms with Crippen molar-refractivity contribution in [3.05, 3.63) is 157 Å². The van der Waals surface area contributed by atoms with E-state index in [2.05, 4.69) is 115 Å². The largest absolute Gasteiger partial charge is 0.305 e. The molecule has 0 saturated carbocycles. The second kappa shape index (κ2) is 12.8. The van der Waals surface area contributed by atoms with Crippen molar-refractivity contribution >= 4 is 21.5 Å². The average Bonchev–Trinajstić information content (AvgIpc) is 3.01. The van der Waals surface area contributed by atoms with E-state index in [4.69, 9.17) is 0 Å². The van der Waals surface area contributed by atoms with Gasteiger partial charge in [-0.2, -0.15) is 0 Å².